The highest BCUT2D eigenvalue weighted by atomic mass is 16.7. The van der Waals surface area contributed by atoms with Gasteiger partial charge >= 0.3 is 6.16 Å². The van der Waals surface area contributed by atoms with Crippen molar-refractivity contribution in [2.24, 2.45) is 0 Å². The van der Waals surface area contributed by atoms with Crippen LogP contribution in [0.15, 0.2) is 0 Å². The number of carbonyl (C=O) groups excluding carboxylic acids is 1. The van der Waals surface area contributed by atoms with Crippen molar-refractivity contribution in [3.05, 3.63) is 7.11 Å². The average Bonchev–Trinajstić information content (AvgIpc) is 1.83. The van der Waals surface area contributed by atoms with E-state index < -0.39 is 6.16 Å². The van der Waals surface area contributed by atoms with Gasteiger partial charge in [-0.15, -0.1) is 6.42 Å². The first kappa shape index (κ1) is 6.83. The Kier molecular flexibility index (Phi) is 3.42. The van der Waals surface area contributed by atoms with Crippen LogP contribution in [0.25, 0.3) is 0 Å². The highest BCUT2D eigenvalue weighted by molar-refractivity contribution is 5.60. The predicted molar refractivity (Wildman–Crippen MR) is 26.6 cm³/mol. The van der Waals surface area contributed by atoms with Crippen molar-refractivity contribution >= 4 is 6.16 Å². The molecule has 0 rings (SSSR count). The standard InChI is InChI=1S/C5H5O3/c1-3-4-8-5(6)7-2/h1H,2,4H2. The van der Waals surface area contributed by atoms with Gasteiger partial charge in [0.2, 0.25) is 0 Å². The minimum atomic E-state index is -0.858. The first-order valence-electron chi connectivity index (χ1n) is 1.83. The topological polar surface area (TPSA) is 35.5 Å². The van der Waals surface area contributed by atoms with Gasteiger partial charge in [-0.3, -0.25) is 0 Å². The third-order valence-electron chi connectivity index (χ3n) is 0.391. The van der Waals surface area contributed by atoms with Crippen LogP contribution in [-0.4, -0.2) is 12.8 Å². The summed E-state index contributed by atoms with van der Waals surface area (Å²) in [6.45, 7) is -0.0750. The van der Waals surface area contributed by atoms with E-state index >= 15 is 0 Å². The van der Waals surface area contributed by atoms with Gasteiger partial charge in [0.15, 0.2) is 6.61 Å². The molecule has 0 N–H and O–H groups in total. The smallest absolute Gasteiger partial charge is 0.431 e. The van der Waals surface area contributed by atoms with Gasteiger partial charge in [0.1, 0.15) is 7.11 Å². The number of terminal acetylenes is 1. The zero-order valence-corrected chi connectivity index (χ0v) is 4.22. The fourth-order valence-electron chi connectivity index (χ4n) is 0.142. The maximum atomic E-state index is 9.97. The number of carbonyl (C=O) groups is 1. The molecule has 0 amide bonds. The van der Waals surface area contributed by atoms with Gasteiger partial charge in [-0.2, -0.15) is 0 Å². The van der Waals surface area contributed by atoms with E-state index in [9.17, 15) is 4.79 Å². The summed E-state index contributed by atoms with van der Waals surface area (Å²) in [5.74, 6) is 2.08. The van der Waals surface area contributed by atoms with Crippen molar-refractivity contribution in [3.63, 3.8) is 0 Å². The molecule has 0 saturated carbocycles. The van der Waals surface area contributed by atoms with Crippen LogP contribution in [0.2, 0.25) is 0 Å². The van der Waals surface area contributed by atoms with Crippen LogP contribution >= 0.6 is 0 Å². The van der Waals surface area contributed by atoms with E-state index in [2.05, 4.69) is 22.5 Å². The number of hydrogen-bond donors (Lipinski definition) is 0. The van der Waals surface area contributed by atoms with Crippen molar-refractivity contribution in [3.8, 4) is 12.3 Å². The Bertz CT molecular complexity index is 111. The zero-order valence-electron chi connectivity index (χ0n) is 4.22. The first-order valence-corrected chi connectivity index (χ1v) is 1.83. The minimum Gasteiger partial charge on any atom is -0.431 e. The van der Waals surface area contributed by atoms with Gasteiger partial charge in [-0.05, 0) is 0 Å². The van der Waals surface area contributed by atoms with E-state index in [0.29, 0.717) is 0 Å². The van der Waals surface area contributed by atoms with Gasteiger partial charge in [0, 0.05) is 0 Å². The summed E-state index contributed by atoms with van der Waals surface area (Å²) in [7, 11) is 2.80. The molecule has 0 aliphatic heterocycles. The number of ether oxygens (including phenoxy) is 2. The zero-order chi connectivity index (χ0) is 6.41. The fraction of sp³-hybridized carbons (Fsp3) is 0.200. The summed E-state index contributed by atoms with van der Waals surface area (Å²) < 4.78 is 8.03. The molecule has 3 nitrogen and oxygen atoms in total. The van der Waals surface area contributed by atoms with Gasteiger partial charge in [-0.1, -0.05) is 5.92 Å². The van der Waals surface area contributed by atoms with Crippen LogP contribution in [0.5, 0.6) is 0 Å². The molecule has 0 fully saturated rings. The quantitative estimate of drug-likeness (QED) is 0.368. The summed E-state index contributed by atoms with van der Waals surface area (Å²) in [5, 5.41) is 0. The Hall–Kier alpha value is -1.17. The molecule has 0 aromatic rings. The van der Waals surface area contributed by atoms with E-state index in [4.69, 9.17) is 6.42 Å². The minimum absolute atomic E-state index is 0.0750. The number of rotatable bonds is 1. The summed E-state index contributed by atoms with van der Waals surface area (Å²) in [5.41, 5.74) is 0. The first-order chi connectivity index (χ1) is 3.81. The molecule has 0 aliphatic rings. The van der Waals surface area contributed by atoms with Crippen LogP contribution in [-0.2, 0) is 9.47 Å². The summed E-state index contributed by atoms with van der Waals surface area (Å²) in [6.07, 6.45) is 3.87. The van der Waals surface area contributed by atoms with Gasteiger partial charge in [0.05, 0.1) is 0 Å². The molecular weight excluding hydrogens is 108 g/mol. The molecule has 0 bridgehead atoms. The van der Waals surface area contributed by atoms with Gasteiger partial charge < -0.3 is 9.47 Å². The van der Waals surface area contributed by atoms with Crippen molar-refractivity contribution in [1.29, 1.82) is 0 Å². The normalized spacial score (nSPS) is 7.00. The van der Waals surface area contributed by atoms with Crippen molar-refractivity contribution in [2.45, 2.75) is 0 Å². The Morgan fingerprint density at radius 2 is 2.50 bits per heavy atom. The van der Waals surface area contributed by atoms with Crippen LogP contribution < -0.4 is 0 Å². The molecule has 0 spiro atoms. The molecule has 43 valence electrons. The second kappa shape index (κ2) is 4.00. The van der Waals surface area contributed by atoms with Gasteiger partial charge in [0.25, 0.3) is 0 Å². The SMILES string of the molecule is C#CCOC(=O)O[CH2]. The lowest BCUT2D eigenvalue weighted by Gasteiger charge is -1.94. The predicted octanol–water partition coefficient (Wildman–Crippen LogP) is 0.564. The van der Waals surface area contributed by atoms with Gasteiger partial charge in [-0.25, -0.2) is 4.79 Å². The van der Waals surface area contributed by atoms with E-state index in [1.807, 2.05) is 0 Å². The van der Waals surface area contributed by atoms with Crippen LogP contribution in [0.1, 0.15) is 0 Å². The molecule has 8 heavy (non-hydrogen) atoms. The third kappa shape index (κ3) is 3.04. The lowest BCUT2D eigenvalue weighted by atomic mass is 10.8. The van der Waals surface area contributed by atoms with E-state index in [0.717, 1.165) is 0 Å². The Labute approximate surface area is 47.6 Å². The molecule has 0 aliphatic carbocycles. The van der Waals surface area contributed by atoms with Crippen molar-refractivity contribution in [2.75, 3.05) is 6.61 Å². The third-order valence-corrected chi connectivity index (χ3v) is 0.391. The molecule has 0 atom stereocenters. The van der Waals surface area contributed by atoms with Crippen molar-refractivity contribution < 1.29 is 14.3 Å². The molecular formula is C5H5O3. The maximum absolute atomic E-state index is 9.97. The fourth-order valence-corrected chi connectivity index (χ4v) is 0.142. The summed E-state index contributed by atoms with van der Waals surface area (Å²) in [6, 6.07) is 0. The van der Waals surface area contributed by atoms with E-state index in [1.54, 1.807) is 0 Å². The molecule has 0 aromatic carbocycles. The van der Waals surface area contributed by atoms with Crippen LogP contribution in [0, 0.1) is 19.5 Å². The van der Waals surface area contributed by atoms with E-state index in [1.165, 1.54) is 0 Å². The second-order valence-electron chi connectivity index (χ2n) is 0.887. The molecule has 0 aromatic heterocycles. The van der Waals surface area contributed by atoms with E-state index in [-0.39, 0.29) is 6.61 Å². The monoisotopic (exact) mass is 113 g/mol. The molecule has 3 heteroatoms. The maximum Gasteiger partial charge on any atom is 0.509 e. The summed E-state index contributed by atoms with van der Waals surface area (Å²) in [4.78, 5) is 9.97. The highest BCUT2D eigenvalue weighted by Gasteiger charge is 1.94. The molecule has 1 radical (unpaired) electrons. The Morgan fingerprint density at radius 1 is 1.88 bits per heavy atom. The lowest BCUT2D eigenvalue weighted by Crippen LogP contribution is -2.02. The lowest BCUT2D eigenvalue weighted by molar-refractivity contribution is 0.0941. The molecule has 0 unspecified atom stereocenters. The molecule has 0 heterocycles. The van der Waals surface area contributed by atoms with Crippen molar-refractivity contribution in [1.82, 2.24) is 0 Å². The Morgan fingerprint density at radius 3 is 2.88 bits per heavy atom. The highest BCUT2D eigenvalue weighted by Crippen LogP contribution is 1.79. The van der Waals surface area contributed by atoms with Crippen LogP contribution in [0.3, 0.4) is 0 Å². The molecule has 0 saturated heterocycles. The largest absolute Gasteiger partial charge is 0.509 e. The Balaban J connectivity index is 3.15. The van der Waals surface area contributed by atoms with Crippen LogP contribution in [0.4, 0.5) is 4.79 Å². The average molecular weight is 113 g/mol. The summed E-state index contributed by atoms with van der Waals surface area (Å²) >= 11 is 0. The number of hydrogen-bond acceptors (Lipinski definition) is 3. The second-order valence-corrected chi connectivity index (χ2v) is 0.887.